The molecule has 0 aliphatic carbocycles. The molecule has 0 amide bonds. The molecule has 5 rings (SSSR count). The number of Topliss-reactive ketones (excluding diaryl/α,β-unsaturated/α-hetero) is 1. The average Bonchev–Trinajstić information content (AvgIpc) is 3.83. The van der Waals surface area contributed by atoms with Crippen LogP contribution in [0.4, 0.5) is 4.39 Å². The highest BCUT2D eigenvalue weighted by Gasteiger charge is 2.53. The molecule has 2 aliphatic heterocycles. The van der Waals surface area contributed by atoms with Crippen LogP contribution in [0.2, 0.25) is 18.1 Å². The third-order valence-electron chi connectivity index (χ3n) is 10.1. The lowest BCUT2D eigenvalue weighted by atomic mass is 10.1. The Bertz CT molecular complexity index is 2060. The lowest BCUT2D eigenvalue weighted by Gasteiger charge is -2.41. The first-order valence-electron chi connectivity index (χ1n) is 18.9. The van der Waals surface area contributed by atoms with Crippen LogP contribution in [0.3, 0.4) is 0 Å². The molecule has 0 saturated carbocycles. The number of aliphatic hydroxyl groups excluding tert-OH is 1. The third kappa shape index (κ3) is 11.2. The molecule has 5 heterocycles. The van der Waals surface area contributed by atoms with Gasteiger partial charge in [-0.25, -0.2) is 19.3 Å². The number of aryl methyl sites for hydroxylation is 1. The summed E-state index contributed by atoms with van der Waals surface area (Å²) in [6.07, 6.45) is -3.86. The smallest absolute Gasteiger partial charge is 0.327 e. The van der Waals surface area contributed by atoms with Crippen molar-refractivity contribution in [1.29, 1.82) is 5.26 Å². The van der Waals surface area contributed by atoms with E-state index in [4.69, 9.17) is 44.0 Å². The van der Waals surface area contributed by atoms with Crippen LogP contribution >= 0.6 is 6.72 Å². The number of imidazole rings is 1. The van der Waals surface area contributed by atoms with Crippen molar-refractivity contribution in [2.45, 2.75) is 127 Å². The van der Waals surface area contributed by atoms with E-state index in [0.29, 0.717) is 22.4 Å². The number of hydrogen-bond acceptors (Lipinski definition) is 16. The van der Waals surface area contributed by atoms with Crippen LogP contribution in [-0.2, 0) is 53.6 Å². The number of fused-ring (bicyclic) bond motifs is 1. The number of ketones is 1. The topological polar surface area (TPSA) is 199 Å². The van der Waals surface area contributed by atoms with Crippen molar-refractivity contribution < 1.29 is 51.3 Å². The minimum Gasteiger partial charge on any atom is -0.456 e. The second kappa shape index (κ2) is 19.6. The molecular weight excluding hydrogens is 811 g/mol. The Morgan fingerprint density at radius 2 is 1.90 bits per heavy atom. The number of carbonyl (C=O) groups excluding carboxylic acids is 2. The molecule has 0 spiro atoms. The van der Waals surface area contributed by atoms with Crippen molar-refractivity contribution in [3.8, 4) is 17.9 Å². The zero-order valence-electron chi connectivity index (χ0n) is 33.6. The van der Waals surface area contributed by atoms with Crippen LogP contribution in [0.1, 0.15) is 70.9 Å². The maximum atomic E-state index is 16.5. The molecule has 0 radical (unpaired) electrons. The summed E-state index contributed by atoms with van der Waals surface area (Å²) < 4.78 is 62.1. The van der Waals surface area contributed by atoms with Gasteiger partial charge in [0.25, 0.3) is 0 Å². The SMILES string of the molecule is CC(=O)CCC(=O)O[C@H]1[C@@H](F)[C@H](n2cnc3c(C)ncnc32)O[C@@H]1COP(=S)(OCCC#N)O[C@@H]1C(O[Si](C)(C)C(C)(C)C)[C@@H](CCO)O[C@H]1C#Cc1cccnc1. The van der Waals surface area contributed by atoms with Crippen LogP contribution < -0.4 is 0 Å². The van der Waals surface area contributed by atoms with Gasteiger partial charge in [0, 0.05) is 31.0 Å². The molecule has 2 aliphatic rings. The number of nitriles is 1. The largest absolute Gasteiger partial charge is 0.456 e. The Balaban J connectivity index is 1.49. The Morgan fingerprint density at radius 3 is 2.57 bits per heavy atom. The fraction of sp³-hybridized carbons (Fsp3) is 0.605. The van der Waals surface area contributed by atoms with E-state index in [0.717, 1.165) is 0 Å². The minimum absolute atomic E-state index is 0.0620. The number of hydrogen-bond donors (Lipinski definition) is 1. The summed E-state index contributed by atoms with van der Waals surface area (Å²) in [5.41, 5.74) is 1.90. The minimum atomic E-state index is -3.94. The molecular formula is C38H50FN6O10PSSi. The maximum Gasteiger partial charge on any atom is 0.327 e. The Morgan fingerprint density at radius 1 is 1.12 bits per heavy atom. The van der Waals surface area contributed by atoms with Gasteiger partial charge in [-0.15, -0.1) is 0 Å². The molecule has 2 fully saturated rings. The van der Waals surface area contributed by atoms with Gasteiger partial charge in [0.2, 0.25) is 0 Å². The standard InChI is InChI=1S/C38H50FN6O10PSSi/c1-24(47)11-14-30(48)53-33-29(52-37(31(33)39)45-23-44-32-25(2)42-22-43-36(32)45)21-50-56(57,49-19-9-16-40)54-34-27(13-12-26-10-8-17-41-20-26)51-28(15-18-46)35(34)55-58(6,7)38(3,4)5/h8,10,17,20,22-23,27-29,31,33-35,37,46H,9,11,14-15,18-19,21H2,1-7H3/t27-,28+,29+,31+,33+,34-,35?,37+,56?/m0/s1. The summed E-state index contributed by atoms with van der Waals surface area (Å²) in [6.45, 7) is 8.65. The number of halogens is 1. The van der Waals surface area contributed by atoms with Gasteiger partial charge >= 0.3 is 12.7 Å². The zero-order chi connectivity index (χ0) is 42.3. The van der Waals surface area contributed by atoms with Crippen molar-refractivity contribution in [1.82, 2.24) is 24.5 Å². The van der Waals surface area contributed by atoms with Gasteiger partial charge in [0.05, 0.1) is 50.2 Å². The molecule has 1 N–H and O–H groups in total. The first kappa shape index (κ1) is 45.5. The van der Waals surface area contributed by atoms with E-state index >= 15 is 4.39 Å². The molecule has 2 saturated heterocycles. The van der Waals surface area contributed by atoms with E-state index in [1.54, 1.807) is 31.5 Å². The fourth-order valence-corrected chi connectivity index (χ4v) is 9.41. The molecule has 3 aromatic rings. The van der Waals surface area contributed by atoms with Gasteiger partial charge in [-0.3, -0.25) is 18.9 Å². The summed E-state index contributed by atoms with van der Waals surface area (Å²) >= 11 is 6.00. The molecule has 2 unspecified atom stereocenters. The van der Waals surface area contributed by atoms with E-state index in [1.807, 2.05) is 6.07 Å². The molecule has 0 aromatic carbocycles. The second-order valence-corrected chi connectivity index (χ2v) is 23.2. The average molecular weight is 861 g/mol. The maximum absolute atomic E-state index is 16.5. The highest BCUT2D eigenvalue weighted by molar-refractivity contribution is 8.07. The van der Waals surface area contributed by atoms with Crippen molar-refractivity contribution in [3.63, 3.8) is 0 Å². The summed E-state index contributed by atoms with van der Waals surface area (Å²) in [5, 5.41) is 19.2. The number of alkyl halides is 1. The normalized spacial score (nSPS) is 25.8. The summed E-state index contributed by atoms with van der Waals surface area (Å²) in [4.78, 5) is 41.5. The van der Waals surface area contributed by atoms with Gasteiger partial charge in [-0.1, -0.05) is 32.6 Å². The highest BCUT2D eigenvalue weighted by Crippen LogP contribution is 2.55. The zero-order valence-corrected chi connectivity index (χ0v) is 36.3. The number of ether oxygens (including phenoxy) is 3. The van der Waals surface area contributed by atoms with Crippen LogP contribution in [0.5, 0.6) is 0 Å². The van der Waals surface area contributed by atoms with Crippen LogP contribution in [0.15, 0.2) is 37.2 Å². The van der Waals surface area contributed by atoms with E-state index in [1.165, 1.54) is 24.1 Å². The molecule has 0 bridgehead atoms. The quantitative estimate of drug-likeness (QED) is 0.0611. The number of aromatic nitrogens is 5. The predicted octanol–water partition coefficient (Wildman–Crippen LogP) is 5.19. The first-order chi connectivity index (χ1) is 27.5. The molecule has 3 aromatic heterocycles. The number of aliphatic hydroxyl groups is 1. The van der Waals surface area contributed by atoms with E-state index in [2.05, 4.69) is 65.6 Å². The van der Waals surface area contributed by atoms with Crippen molar-refractivity contribution in [3.05, 3.63) is 48.4 Å². The molecule has 314 valence electrons. The fourth-order valence-electron chi connectivity index (χ4n) is 6.02. The summed E-state index contributed by atoms with van der Waals surface area (Å²) in [7, 11) is -2.54. The number of pyridine rings is 1. The van der Waals surface area contributed by atoms with Crippen molar-refractivity contribution >= 4 is 49.8 Å². The van der Waals surface area contributed by atoms with E-state index in [-0.39, 0.29) is 49.7 Å². The molecule has 20 heteroatoms. The van der Waals surface area contributed by atoms with Gasteiger partial charge in [0.15, 0.2) is 32.5 Å². The number of nitrogens with zero attached hydrogens (tertiary/aromatic N) is 6. The van der Waals surface area contributed by atoms with Gasteiger partial charge in [-0.05, 0) is 62.3 Å². The van der Waals surface area contributed by atoms with Crippen LogP contribution in [-0.4, -0.2) is 112 Å². The summed E-state index contributed by atoms with van der Waals surface area (Å²) in [6, 6.07) is 5.55. The Hall–Kier alpha value is -3.59. The lowest BCUT2D eigenvalue weighted by molar-refractivity contribution is -0.155. The van der Waals surface area contributed by atoms with Crippen LogP contribution in [0.25, 0.3) is 11.2 Å². The Kier molecular flexibility index (Phi) is 15.4. The monoisotopic (exact) mass is 860 g/mol. The van der Waals surface area contributed by atoms with Crippen molar-refractivity contribution in [2.75, 3.05) is 19.8 Å². The molecule has 58 heavy (non-hydrogen) atoms. The second-order valence-electron chi connectivity index (χ2n) is 15.5. The van der Waals surface area contributed by atoms with Crippen LogP contribution in [0, 0.1) is 30.1 Å². The molecule has 9 atom stereocenters. The first-order valence-corrected chi connectivity index (χ1v) is 24.4. The third-order valence-corrected chi connectivity index (χ3v) is 17.0. The van der Waals surface area contributed by atoms with Gasteiger partial charge < -0.3 is 37.6 Å². The van der Waals surface area contributed by atoms with E-state index in [9.17, 15) is 20.0 Å². The Labute approximate surface area is 343 Å². The number of esters is 1. The van der Waals surface area contributed by atoms with Gasteiger partial charge in [0.1, 0.15) is 42.0 Å². The number of rotatable bonds is 17. The van der Waals surface area contributed by atoms with E-state index < -0.39 is 76.6 Å². The molecule has 16 nitrogen and oxygen atoms in total. The predicted molar refractivity (Wildman–Crippen MR) is 214 cm³/mol. The highest BCUT2D eigenvalue weighted by atomic mass is 32.5. The van der Waals surface area contributed by atoms with Crippen molar-refractivity contribution in [2.24, 2.45) is 0 Å². The van der Waals surface area contributed by atoms with Gasteiger partial charge in [-0.2, -0.15) is 5.26 Å². The number of carbonyl (C=O) groups is 2. The summed E-state index contributed by atoms with van der Waals surface area (Å²) in [5.74, 6) is 5.14. The lowest BCUT2D eigenvalue weighted by Crippen LogP contribution is -2.50.